The Morgan fingerprint density at radius 3 is 2.62 bits per heavy atom. The second kappa shape index (κ2) is 8.37. The number of fused-ring (bicyclic) bond motifs is 2. The van der Waals surface area contributed by atoms with Gasteiger partial charge in [0.2, 0.25) is 0 Å². The van der Waals surface area contributed by atoms with Gasteiger partial charge in [0.1, 0.15) is 5.52 Å². The number of nitrogens with zero attached hydrogens (tertiary/aromatic N) is 4. The first-order chi connectivity index (χ1) is 16.6. The number of nitrogens with one attached hydrogen (secondary N) is 1. The van der Waals surface area contributed by atoms with E-state index in [9.17, 15) is 4.79 Å². The molecule has 0 aliphatic carbocycles. The van der Waals surface area contributed by atoms with E-state index in [4.69, 9.17) is 4.98 Å². The summed E-state index contributed by atoms with van der Waals surface area (Å²) < 4.78 is 0. The van der Waals surface area contributed by atoms with Crippen molar-refractivity contribution >= 4 is 17.1 Å². The van der Waals surface area contributed by atoms with Crippen LogP contribution in [-0.2, 0) is 13.0 Å². The Labute approximate surface area is 199 Å². The van der Waals surface area contributed by atoms with Gasteiger partial charge in [0, 0.05) is 49.1 Å². The molecule has 0 saturated carbocycles. The van der Waals surface area contributed by atoms with Gasteiger partial charge in [0.25, 0.3) is 5.91 Å². The quantitative estimate of drug-likeness (QED) is 0.485. The van der Waals surface area contributed by atoms with Gasteiger partial charge in [0.15, 0.2) is 5.65 Å². The SMILES string of the molecule is Cc1cc(-c2cnc3[nH]cc(-c4ccc(C(=O)N5CCCC5)cc4)c3n2)cc2c1CCN(C)C2. The fourth-order valence-corrected chi connectivity index (χ4v) is 5.36. The molecule has 6 rings (SSSR count). The summed E-state index contributed by atoms with van der Waals surface area (Å²) in [6.07, 6.45) is 7.11. The highest BCUT2D eigenvalue weighted by Gasteiger charge is 2.20. The van der Waals surface area contributed by atoms with Crippen LogP contribution in [0.5, 0.6) is 0 Å². The maximum atomic E-state index is 12.7. The standard InChI is InChI=1S/C28H29N5O/c1-18-13-21(14-22-17-32(2)12-9-23(18)22)25-16-30-27-26(31-25)24(15-29-27)19-5-7-20(8-6-19)28(34)33-10-3-4-11-33/h5-8,13-16H,3-4,9-12,17H2,1-2H3,(H,29,30). The largest absolute Gasteiger partial charge is 0.344 e. The zero-order valence-electron chi connectivity index (χ0n) is 19.8. The zero-order valence-corrected chi connectivity index (χ0v) is 19.8. The van der Waals surface area contributed by atoms with Crippen LogP contribution < -0.4 is 0 Å². The van der Waals surface area contributed by atoms with Gasteiger partial charge in [-0.1, -0.05) is 12.1 Å². The Morgan fingerprint density at radius 1 is 1.03 bits per heavy atom. The van der Waals surface area contributed by atoms with E-state index in [-0.39, 0.29) is 5.91 Å². The molecule has 0 bridgehead atoms. The number of rotatable bonds is 3. The zero-order chi connectivity index (χ0) is 23.2. The normalized spacial score (nSPS) is 16.2. The number of carbonyl (C=O) groups is 1. The van der Waals surface area contributed by atoms with Gasteiger partial charge in [-0.05, 0) is 79.8 Å². The second-order valence-corrected chi connectivity index (χ2v) is 9.65. The molecular formula is C28H29N5O. The van der Waals surface area contributed by atoms with E-state index in [0.717, 1.165) is 84.6 Å². The van der Waals surface area contributed by atoms with Crippen molar-refractivity contribution in [3.63, 3.8) is 0 Å². The minimum atomic E-state index is 0.124. The molecule has 2 aromatic heterocycles. The van der Waals surface area contributed by atoms with E-state index in [1.54, 1.807) is 0 Å². The summed E-state index contributed by atoms with van der Waals surface area (Å²) in [6, 6.07) is 12.4. The van der Waals surface area contributed by atoms with E-state index >= 15 is 0 Å². The summed E-state index contributed by atoms with van der Waals surface area (Å²) >= 11 is 0. The lowest BCUT2D eigenvalue weighted by molar-refractivity contribution is 0.0793. The molecule has 6 heteroatoms. The van der Waals surface area contributed by atoms with Crippen LogP contribution in [0, 0.1) is 6.92 Å². The Bertz CT molecular complexity index is 1380. The van der Waals surface area contributed by atoms with Crippen LogP contribution >= 0.6 is 0 Å². The first-order valence-corrected chi connectivity index (χ1v) is 12.1. The highest BCUT2D eigenvalue weighted by atomic mass is 16.2. The Hall–Kier alpha value is -3.51. The van der Waals surface area contributed by atoms with Gasteiger partial charge in [-0.25, -0.2) is 9.97 Å². The number of aromatic nitrogens is 3. The van der Waals surface area contributed by atoms with Crippen molar-refractivity contribution in [2.24, 2.45) is 0 Å². The Balaban J connectivity index is 1.35. The second-order valence-electron chi connectivity index (χ2n) is 9.65. The minimum absolute atomic E-state index is 0.124. The van der Waals surface area contributed by atoms with E-state index in [0.29, 0.717) is 0 Å². The molecule has 6 nitrogen and oxygen atoms in total. The third-order valence-electron chi connectivity index (χ3n) is 7.26. The van der Waals surface area contributed by atoms with Crippen LogP contribution in [0.4, 0.5) is 0 Å². The van der Waals surface area contributed by atoms with Crippen molar-refractivity contribution in [1.29, 1.82) is 0 Å². The molecule has 0 unspecified atom stereocenters. The molecule has 2 aliphatic heterocycles. The first-order valence-electron chi connectivity index (χ1n) is 12.1. The summed E-state index contributed by atoms with van der Waals surface area (Å²) in [5.74, 6) is 0.124. The van der Waals surface area contributed by atoms with Gasteiger partial charge < -0.3 is 14.8 Å². The van der Waals surface area contributed by atoms with Crippen molar-refractivity contribution < 1.29 is 4.79 Å². The summed E-state index contributed by atoms with van der Waals surface area (Å²) in [5.41, 5.74) is 10.6. The third kappa shape index (κ3) is 3.68. The van der Waals surface area contributed by atoms with Gasteiger partial charge in [-0.2, -0.15) is 0 Å². The monoisotopic (exact) mass is 451 g/mol. The molecule has 34 heavy (non-hydrogen) atoms. The third-order valence-corrected chi connectivity index (χ3v) is 7.26. The average molecular weight is 452 g/mol. The number of amides is 1. The summed E-state index contributed by atoms with van der Waals surface area (Å²) in [5, 5.41) is 0. The van der Waals surface area contributed by atoms with Crippen LogP contribution in [0.1, 0.15) is 39.9 Å². The molecule has 4 heterocycles. The number of carbonyl (C=O) groups excluding carboxylic acids is 1. The van der Waals surface area contributed by atoms with Crippen molar-refractivity contribution in [2.45, 2.75) is 32.7 Å². The van der Waals surface area contributed by atoms with Crippen molar-refractivity contribution in [1.82, 2.24) is 24.8 Å². The molecule has 1 N–H and O–H groups in total. The molecular weight excluding hydrogens is 422 g/mol. The number of likely N-dealkylation sites (tertiary alicyclic amines) is 1. The first kappa shape index (κ1) is 21.1. The van der Waals surface area contributed by atoms with Gasteiger partial charge in [0.05, 0.1) is 11.9 Å². The summed E-state index contributed by atoms with van der Waals surface area (Å²) in [6.45, 7) is 6.00. The maximum Gasteiger partial charge on any atom is 0.253 e. The van der Waals surface area contributed by atoms with Crippen molar-refractivity contribution in [2.75, 3.05) is 26.7 Å². The number of H-pyrrole nitrogens is 1. The highest BCUT2D eigenvalue weighted by molar-refractivity contribution is 5.96. The number of hydrogen-bond donors (Lipinski definition) is 1. The lowest BCUT2D eigenvalue weighted by Crippen LogP contribution is -2.27. The molecule has 1 saturated heterocycles. The van der Waals surface area contributed by atoms with E-state index in [1.807, 2.05) is 41.6 Å². The topological polar surface area (TPSA) is 65.1 Å². The summed E-state index contributed by atoms with van der Waals surface area (Å²) in [4.78, 5) is 30.0. The average Bonchev–Trinajstić information content (AvgIpc) is 3.53. The van der Waals surface area contributed by atoms with E-state index in [1.165, 1.54) is 16.7 Å². The molecule has 1 fully saturated rings. The van der Waals surface area contributed by atoms with E-state index in [2.05, 4.69) is 41.0 Å². The van der Waals surface area contributed by atoms with Gasteiger partial charge >= 0.3 is 0 Å². The minimum Gasteiger partial charge on any atom is -0.344 e. The number of aryl methyl sites for hydroxylation is 1. The highest BCUT2D eigenvalue weighted by Crippen LogP contribution is 2.31. The molecule has 172 valence electrons. The van der Waals surface area contributed by atoms with Crippen LogP contribution in [0.15, 0.2) is 48.8 Å². The maximum absolute atomic E-state index is 12.7. The van der Waals surface area contributed by atoms with Crippen LogP contribution in [0.2, 0.25) is 0 Å². The lowest BCUT2D eigenvalue weighted by atomic mass is 9.92. The predicted molar refractivity (Wildman–Crippen MR) is 135 cm³/mol. The Morgan fingerprint density at radius 2 is 1.82 bits per heavy atom. The molecule has 0 atom stereocenters. The predicted octanol–water partition coefficient (Wildman–Crippen LogP) is 4.82. The molecule has 4 aromatic rings. The van der Waals surface area contributed by atoms with Crippen LogP contribution in [-0.4, -0.2) is 57.3 Å². The van der Waals surface area contributed by atoms with Crippen molar-refractivity contribution in [3.05, 3.63) is 71.0 Å². The Kier molecular flexibility index (Phi) is 5.18. The molecule has 2 aliphatic rings. The van der Waals surface area contributed by atoms with Crippen LogP contribution in [0.25, 0.3) is 33.5 Å². The molecule has 1 amide bonds. The van der Waals surface area contributed by atoms with Crippen molar-refractivity contribution in [3.8, 4) is 22.4 Å². The molecule has 0 radical (unpaired) electrons. The molecule has 0 spiro atoms. The number of hydrogen-bond acceptors (Lipinski definition) is 4. The summed E-state index contributed by atoms with van der Waals surface area (Å²) in [7, 11) is 2.17. The number of aromatic amines is 1. The molecule has 2 aromatic carbocycles. The number of likely N-dealkylation sites (N-methyl/N-ethyl adjacent to an activating group) is 1. The van der Waals surface area contributed by atoms with E-state index < -0.39 is 0 Å². The van der Waals surface area contributed by atoms with Crippen LogP contribution in [0.3, 0.4) is 0 Å². The smallest absolute Gasteiger partial charge is 0.253 e. The fourth-order valence-electron chi connectivity index (χ4n) is 5.36. The van der Waals surface area contributed by atoms with Gasteiger partial charge in [-0.15, -0.1) is 0 Å². The number of benzene rings is 2. The lowest BCUT2D eigenvalue weighted by Gasteiger charge is -2.27. The fraction of sp³-hybridized carbons (Fsp3) is 0.321. The van der Waals surface area contributed by atoms with Gasteiger partial charge in [-0.3, -0.25) is 4.79 Å².